The predicted molar refractivity (Wildman–Crippen MR) is 67.5 cm³/mol. The van der Waals surface area contributed by atoms with E-state index in [2.05, 4.69) is 0 Å². The molecule has 0 saturated carbocycles. The van der Waals surface area contributed by atoms with E-state index >= 15 is 0 Å². The average Bonchev–Trinajstić information content (AvgIpc) is 2.37. The van der Waals surface area contributed by atoms with Crippen LogP contribution in [0.1, 0.15) is 37.3 Å². The summed E-state index contributed by atoms with van der Waals surface area (Å²) in [5.74, 6) is -0.0503. The fourth-order valence-corrected chi connectivity index (χ4v) is 1.67. The van der Waals surface area contributed by atoms with Gasteiger partial charge in [0, 0.05) is 7.11 Å². The van der Waals surface area contributed by atoms with Gasteiger partial charge in [-0.15, -0.1) is 0 Å². The number of benzene rings is 1. The third kappa shape index (κ3) is 4.42. The van der Waals surface area contributed by atoms with Crippen LogP contribution in [0.5, 0.6) is 5.75 Å². The maximum absolute atomic E-state index is 13.0. The molecule has 0 saturated heterocycles. The molecule has 0 aliphatic carbocycles. The highest BCUT2D eigenvalue weighted by Crippen LogP contribution is 2.38. The second kappa shape index (κ2) is 6.80. The summed E-state index contributed by atoms with van der Waals surface area (Å²) in [5, 5.41) is 0. The monoisotopic (exact) mass is 276 g/mol. The summed E-state index contributed by atoms with van der Waals surface area (Å²) in [6.45, 7) is 4.20. The first-order valence-corrected chi connectivity index (χ1v) is 6.23. The lowest BCUT2D eigenvalue weighted by Crippen LogP contribution is -2.12. The van der Waals surface area contributed by atoms with Crippen molar-refractivity contribution >= 4 is 0 Å². The lowest BCUT2D eigenvalue weighted by Gasteiger charge is -2.17. The molecule has 0 aliphatic rings. The van der Waals surface area contributed by atoms with E-state index in [0.717, 1.165) is 6.42 Å². The van der Waals surface area contributed by atoms with Gasteiger partial charge in [-0.3, -0.25) is 0 Å². The number of ether oxygens (including phenoxy) is 2. The molecule has 2 nitrogen and oxygen atoms in total. The first-order chi connectivity index (χ1) is 8.90. The van der Waals surface area contributed by atoms with Crippen molar-refractivity contribution in [1.82, 2.24) is 0 Å². The van der Waals surface area contributed by atoms with Crippen LogP contribution in [0.4, 0.5) is 13.2 Å². The van der Waals surface area contributed by atoms with Crippen molar-refractivity contribution in [2.75, 3.05) is 20.3 Å². The third-order valence-electron chi connectivity index (χ3n) is 3.04. The summed E-state index contributed by atoms with van der Waals surface area (Å²) in [4.78, 5) is 0. The summed E-state index contributed by atoms with van der Waals surface area (Å²) < 4.78 is 48.9. The van der Waals surface area contributed by atoms with Gasteiger partial charge in [0.25, 0.3) is 0 Å². The van der Waals surface area contributed by atoms with Crippen LogP contribution in [0.2, 0.25) is 0 Å². The maximum atomic E-state index is 13.0. The molecule has 0 bridgehead atoms. The van der Waals surface area contributed by atoms with Crippen molar-refractivity contribution in [3.05, 3.63) is 29.3 Å². The Balaban J connectivity index is 3.03. The van der Waals surface area contributed by atoms with Crippen molar-refractivity contribution in [3.8, 4) is 5.75 Å². The molecule has 0 spiro atoms. The van der Waals surface area contributed by atoms with Gasteiger partial charge in [0.05, 0.1) is 12.2 Å². The number of hydrogen-bond donors (Lipinski definition) is 0. The minimum absolute atomic E-state index is 0.0918. The van der Waals surface area contributed by atoms with E-state index in [1.807, 2.05) is 13.8 Å². The zero-order valence-electron chi connectivity index (χ0n) is 11.4. The van der Waals surface area contributed by atoms with E-state index in [9.17, 15) is 13.2 Å². The van der Waals surface area contributed by atoms with Crippen LogP contribution in [-0.2, 0) is 10.9 Å². The average molecular weight is 276 g/mol. The molecule has 1 atom stereocenters. The minimum atomic E-state index is -4.41. The van der Waals surface area contributed by atoms with Crippen LogP contribution >= 0.6 is 0 Å². The molecule has 5 heteroatoms. The van der Waals surface area contributed by atoms with E-state index < -0.39 is 11.7 Å². The van der Waals surface area contributed by atoms with Gasteiger partial charge in [-0.05, 0) is 30.0 Å². The molecule has 1 aromatic rings. The maximum Gasteiger partial charge on any atom is 0.419 e. The highest BCUT2D eigenvalue weighted by atomic mass is 19.4. The number of halogens is 3. The number of hydrogen-bond acceptors (Lipinski definition) is 2. The highest BCUT2D eigenvalue weighted by Gasteiger charge is 2.34. The Morgan fingerprint density at radius 1 is 1.21 bits per heavy atom. The molecule has 0 aromatic heterocycles. The summed E-state index contributed by atoms with van der Waals surface area (Å²) in [6.07, 6.45) is -3.62. The molecule has 0 N–H and O–H groups in total. The minimum Gasteiger partial charge on any atom is -0.491 e. The van der Waals surface area contributed by atoms with Crippen molar-refractivity contribution in [1.29, 1.82) is 0 Å². The fraction of sp³-hybridized carbons (Fsp3) is 0.571. The molecule has 108 valence electrons. The van der Waals surface area contributed by atoms with Crippen LogP contribution in [0.15, 0.2) is 18.2 Å². The van der Waals surface area contributed by atoms with Gasteiger partial charge in [-0.2, -0.15) is 13.2 Å². The SMILES string of the molecule is CCC(C)c1ccc(OCCOC)c(C(F)(F)F)c1. The van der Waals surface area contributed by atoms with Crippen LogP contribution in [0.3, 0.4) is 0 Å². The van der Waals surface area contributed by atoms with E-state index in [4.69, 9.17) is 9.47 Å². The van der Waals surface area contributed by atoms with Crippen molar-refractivity contribution < 1.29 is 22.6 Å². The van der Waals surface area contributed by atoms with Gasteiger partial charge in [-0.1, -0.05) is 19.9 Å². The third-order valence-corrected chi connectivity index (χ3v) is 3.04. The van der Waals surface area contributed by atoms with Crippen LogP contribution in [0.25, 0.3) is 0 Å². The van der Waals surface area contributed by atoms with Crippen LogP contribution in [-0.4, -0.2) is 20.3 Å². The Morgan fingerprint density at radius 3 is 2.42 bits per heavy atom. The first-order valence-electron chi connectivity index (χ1n) is 6.23. The van der Waals surface area contributed by atoms with Crippen molar-refractivity contribution in [3.63, 3.8) is 0 Å². The molecule has 0 fully saturated rings. The summed E-state index contributed by atoms with van der Waals surface area (Å²) in [5.41, 5.74) is -0.0460. The fourth-order valence-electron chi connectivity index (χ4n) is 1.67. The standard InChI is InChI=1S/C14H19F3O2/c1-4-10(2)11-5-6-13(19-8-7-18-3)12(9-11)14(15,16)17/h5-6,9-10H,4,7-8H2,1-3H3. The van der Waals surface area contributed by atoms with Crippen molar-refractivity contribution in [2.24, 2.45) is 0 Å². The molecule has 1 aromatic carbocycles. The van der Waals surface area contributed by atoms with Crippen LogP contribution in [0, 0.1) is 0 Å². The van der Waals surface area contributed by atoms with E-state index in [1.165, 1.54) is 19.2 Å². The van der Waals surface area contributed by atoms with Gasteiger partial charge in [0.15, 0.2) is 0 Å². The second-order valence-electron chi connectivity index (χ2n) is 4.40. The normalized spacial score (nSPS) is 13.4. The van der Waals surface area contributed by atoms with Gasteiger partial charge in [-0.25, -0.2) is 0 Å². The largest absolute Gasteiger partial charge is 0.491 e. The molecule has 19 heavy (non-hydrogen) atoms. The van der Waals surface area contributed by atoms with Gasteiger partial charge < -0.3 is 9.47 Å². The molecule has 0 heterocycles. The smallest absolute Gasteiger partial charge is 0.419 e. The van der Waals surface area contributed by atoms with Gasteiger partial charge >= 0.3 is 6.18 Å². The number of rotatable bonds is 6. The summed E-state index contributed by atoms with van der Waals surface area (Å²) in [6, 6.07) is 4.25. The van der Waals surface area contributed by atoms with E-state index in [-0.39, 0.29) is 24.9 Å². The molecule has 0 aliphatic heterocycles. The van der Waals surface area contributed by atoms with Crippen LogP contribution < -0.4 is 4.74 Å². The topological polar surface area (TPSA) is 18.5 Å². The Hall–Kier alpha value is -1.23. The number of alkyl halides is 3. The molecule has 0 amide bonds. The molecular weight excluding hydrogens is 257 g/mol. The van der Waals surface area contributed by atoms with Gasteiger partial charge in [0.2, 0.25) is 0 Å². The Labute approximate surface area is 111 Å². The lowest BCUT2D eigenvalue weighted by atomic mass is 9.96. The Kier molecular flexibility index (Phi) is 5.66. The van der Waals surface area contributed by atoms with Crippen molar-refractivity contribution in [2.45, 2.75) is 32.4 Å². The Bertz CT molecular complexity index is 402. The summed E-state index contributed by atoms with van der Waals surface area (Å²) >= 11 is 0. The van der Waals surface area contributed by atoms with E-state index in [0.29, 0.717) is 5.56 Å². The molecule has 1 unspecified atom stereocenters. The molecule has 0 radical (unpaired) electrons. The Morgan fingerprint density at radius 2 is 1.89 bits per heavy atom. The highest BCUT2D eigenvalue weighted by molar-refractivity contribution is 5.40. The zero-order chi connectivity index (χ0) is 14.5. The first kappa shape index (κ1) is 15.8. The second-order valence-corrected chi connectivity index (χ2v) is 4.40. The van der Waals surface area contributed by atoms with E-state index in [1.54, 1.807) is 6.07 Å². The lowest BCUT2D eigenvalue weighted by molar-refractivity contribution is -0.139. The molecular formula is C14H19F3O2. The zero-order valence-corrected chi connectivity index (χ0v) is 11.4. The predicted octanol–water partition coefficient (Wildman–Crippen LogP) is 4.24. The van der Waals surface area contributed by atoms with Gasteiger partial charge in [0.1, 0.15) is 12.4 Å². The number of methoxy groups -OCH3 is 1. The summed E-state index contributed by atoms with van der Waals surface area (Å²) in [7, 11) is 1.47. The molecule has 1 rings (SSSR count). The quantitative estimate of drug-likeness (QED) is 0.723.